The van der Waals surface area contributed by atoms with Gasteiger partial charge in [-0.2, -0.15) is 0 Å². The van der Waals surface area contributed by atoms with E-state index in [4.69, 9.17) is 9.47 Å². The molecule has 1 fully saturated rings. The summed E-state index contributed by atoms with van der Waals surface area (Å²) in [6, 6.07) is 5.47. The minimum absolute atomic E-state index is 0.0550. The van der Waals surface area contributed by atoms with Gasteiger partial charge < -0.3 is 19.3 Å². The molecule has 25 heavy (non-hydrogen) atoms. The Hall–Kier alpha value is -2.24. The monoisotopic (exact) mass is 348 g/mol. The molecule has 6 heteroatoms. The number of ether oxygens (including phenoxy) is 2. The molecule has 0 aliphatic carbocycles. The fourth-order valence-corrected chi connectivity index (χ4v) is 2.96. The van der Waals surface area contributed by atoms with Crippen molar-refractivity contribution in [1.82, 2.24) is 9.80 Å². The Bertz CT molecular complexity index is 607. The number of carbonyl (C=O) groups excluding carboxylic acids is 2. The molecule has 0 unspecified atom stereocenters. The second-order valence-corrected chi connectivity index (χ2v) is 6.71. The molecule has 2 amide bonds. The fourth-order valence-electron chi connectivity index (χ4n) is 2.96. The molecule has 0 atom stereocenters. The van der Waals surface area contributed by atoms with Crippen LogP contribution in [0.2, 0.25) is 0 Å². The first kappa shape index (κ1) is 19.1. The van der Waals surface area contributed by atoms with Crippen LogP contribution in [-0.4, -0.2) is 62.0 Å². The molecule has 0 aromatic heterocycles. The van der Waals surface area contributed by atoms with Crippen molar-refractivity contribution >= 4 is 11.8 Å². The van der Waals surface area contributed by atoms with Crippen LogP contribution >= 0.6 is 0 Å². The zero-order valence-corrected chi connectivity index (χ0v) is 15.6. The van der Waals surface area contributed by atoms with Crippen LogP contribution in [0, 0.1) is 5.92 Å². The van der Waals surface area contributed by atoms with E-state index >= 15 is 0 Å². The summed E-state index contributed by atoms with van der Waals surface area (Å²) in [5.74, 6) is 1.94. The standard InChI is InChI=1S/C19H28N2O4/c1-14(2)11-18(22)20-7-9-21(10-8-20)19(23)12-15-5-6-16(24-3)13-17(15)25-4/h5-6,13-14H,7-12H2,1-4H3. The molecule has 0 radical (unpaired) electrons. The topological polar surface area (TPSA) is 59.1 Å². The van der Waals surface area contributed by atoms with Crippen LogP contribution in [0.15, 0.2) is 18.2 Å². The normalized spacial score (nSPS) is 14.6. The van der Waals surface area contributed by atoms with Crippen LogP contribution in [0.25, 0.3) is 0 Å². The summed E-state index contributed by atoms with van der Waals surface area (Å²) in [5, 5.41) is 0. The average Bonchev–Trinajstić information content (AvgIpc) is 2.61. The number of carbonyl (C=O) groups is 2. The van der Waals surface area contributed by atoms with Crippen molar-refractivity contribution in [3.8, 4) is 11.5 Å². The molecule has 2 rings (SSSR count). The molecular formula is C19H28N2O4. The zero-order valence-electron chi connectivity index (χ0n) is 15.6. The van der Waals surface area contributed by atoms with E-state index in [0.29, 0.717) is 50.0 Å². The summed E-state index contributed by atoms with van der Waals surface area (Å²) >= 11 is 0. The van der Waals surface area contributed by atoms with Gasteiger partial charge in [-0.1, -0.05) is 19.9 Å². The Morgan fingerprint density at radius 3 is 2.12 bits per heavy atom. The van der Waals surface area contributed by atoms with Crippen molar-refractivity contribution in [2.45, 2.75) is 26.7 Å². The SMILES string of the molecule is COc1ccc(CC(=O)N2CCN(C(=O)CC(C)C)CC2)c(OC)c1. The van der Waals surface area contributed by atoms with Crippen LogP contribution < -0.4 is 9.47 Å². The molecular weight excluding hydrogens is 320 g/mol. The van der Waals surface area contributed by atoms with E-state index in [0.717, 1.165) is 5.56 Å². The fraction of sp³-hybridized carbons (Fsp3) is 0.579. The summed E-state index contributed by atoms with van der Waals surface area (Å²) < 4.78 is 10.5. The average molecular weight is 348 g/mol. The highest BCUT2D eigenvalue weighted by molar-refractivity contribution is 5.80. The lowest BCUT2D eigenvalue weighted by Gasteiger charge is -2.35. The molecule has 1 saturated heterocycles. The van der Waals surface area contributed by atoms with E-state index in [1.807, 2.05) is 35.8 Å². The van der Waals surface area contributed by atoms with E-state index in [1.165, 1.54) is 0 Å². The maximum atomic E-state index is 12.6. The molecule has 1 aromatic carbocycles. The number of hydrogen-bond acceptors (Lipinski definition) is 4. The number of nitrogens with zero attached hydrogens (tertiary/aromatic N) is 2. The summed E-state index contributed by atoms with van der Waals surface area (Å²) in [4.78, 5) is 28.4. The lowest BCUT2D eigenvalue weighted by Crippen LogP contribution is -2.51. The third kappa shape index (κ3) is 5.11. The molecule has 1 heterocycles. The molecule has 0 spiro atoms. The van der Waals surface area contributed by atoms with Crippen LogP contribution in [0.5, 0.6) is 11.5 Å². The predicted molar refractivity (Wildman–Crippen MR) is 95.9 cm³/mol. The molecule has 6 nitrogen and oxygen atoms in total. The maximum absolute atomic E-state index is 12.6. The Morgan fingerprint density at radius 2 is 1.60 bits per heavy atom. The van der Waals surface area contributed by atoms with E-state index in [9.17, 15) is 9.59 Å². The highest BCUT2D eigenvalue weighted by atomic mass is 16.5. The van der Waals surface area contributed by atoms with Gasteiger partial charge in [0, 0.05) is 44.2 Å². The molecule has 1 aromatic rings. The van der Waals surface area contributed by atoms with Crippen LogP contribution in [0.4, 0.5) is 0 Å². The maximum Gasteiger partial charge on any atom is 0.227 e. The molecule has 0 saturated carbocycles. The molecule has 1 aliphatic heterocycles. The second-order valence-electron chi connectivity index (χ2n) is 6.71. The third-order valence-corrected chi connectivity index (χ3v) is 4.40. The van der Waals surface area contributed by atoms with Gasteiger partial charge in [-0.3, -0.25) is 9.59 Å². The van der Waals surface area contributed by atoms with Crippen LogP contribution in [0.3, 0.4) is 0 Å². The van der Waals surface area contributed by atoms with Gasteiger partial charge in [0.1, 0.15) is 11.5 Å². The third-order valence-electron chi connectivity index (χ3n) is 4.40. The van der Waals surface area contributed by atoms with Gasteiger partial charge in [-0.05, 0) is 12.0 Å². The van der Waals surface area contributed by atoms with Crippen molar-refractivity contribution in [2.24, 2.45) is 5.92 Å². The lowest BCUT2D eigenvalue weighted by molar-refractivity contribution is -0.139. The molecule has 1 aliphatic rings. The van der Waals surface area contributed by atoms with Gasteiger partial charge in [-0.15, -0.1) is 0 Å². The first-order valence-corrected chi connectivity index (χ1v) is 8.71. The summed E-state index contributed by atoms with van der Waals surface area (Å²) in [7, 11) is 3.18. The number of piperazine rings is 1. The van der Waals surface area contributed by atoms with Crippen molar-refractivity contribution in [3.63, 3.8) is 0 Å². The van der Waals surface area contributed by atoms with Crippen molar-refractivity contribution < 1.29 is 19.1 Å². The minimum Gasteiger partial charge on any atom is -0.497 e. The smallest absolute Gasteiger partial charge is 0.227 e. The van der Waals surface area contributed by atoms with Crippen molar-refractivity contribution in [3.05, 3.63) is 23.8 Å². The minimum atomic E-state index is 0.0550. The highest BCUT2D eigenvalue weighted by Crippen LogP contribution is 2.25. The van der Waals surface area contributed by atoms with Gasteiger partial charge in [0.25, 0.3) is 0 Å². The van der Waals surface area contributed by atoms with E-state index < -0.39 is 0 Å². The number of methoxy groups -OCH3 is 2. The van der Waals surface area contributed by atoms with Crippen LogP contribution in [-0.2, 0) is 16.0 Å². The van der Waals surface area contributed by atoms with Gasteiger partial charge in [0.15, 0.2) is 0 Å². The van der Waals surface area contributed by atoms with E-state index in [1.54, 1.807) is 20.3 Å². The summed E-state index contributed by atoms with van der Waals surface area (Å²) in [6.45, 7) is 6.47. The Morgan fingerprint density at radius 1 is 1.00 bits per heavy atom. The molecule has 138 valence electrons. The molecule has 0 bridgehead atoms. The first-order chi connectivity index (χ1) is 11.9. The molecule has 0 N–H and O–H groups in total. The van der Waals surface area contributed by atoms with Crippen LogP contribution in [0.1, 0.15) is 25.8 Å². The van der Waals surface area contributed by atoms with Gasteiger partial charge in [0.2, 0.25) is 11.8 Å². The van der Waals surface area contributed by atoms with E-state index in [-0.39, 0.29) is 18.2 Å². The largest absolute Gasteiger partial charge is 0.497 e. The Kier molecular flexibility index (Phi) is 6.67. The predicted octanol–water partition coefficient (Wildman–Crippen LogP) is 1.96. The summed E-state index contributed by atoms with van der Waals surface area (Å²) in [5.41, 5.74) is 0.839. The number of benzene rings is 1. The van der Waals surface area contributed by atoms with Crippen molar-refractivity contribution in [2.75, 3.05) is 40.4 Å². The quantitative estimate of drug-likeness (QED) is 0.789. The lowest BCUT2D eigenvalue weighted by atomic mass is 10.1. The van der Waals surface area contributed by atoms with E-state index in [2.05, 4.69) is 0 Å². The van der Waals surface area contributed by atoms with Gasteiger partial charge in [0.05, 0.1) is 20.6 Å². The second kappa shape index (κ2) is 8.74. The van der Waals surface area contributed by atoms with Crippen molar-refractivity contribution in [1.29, 1.82) is 0 Å². The highest BCUT2D eigenvalue weighted by Gasteiger charge is 2.25. The Balaban J connectivity index is 1.92. The first-order valence-electron chi connectivity index (χ1n) is 8.71. The zero-order chi connectivity index (χ0) is 18.4. The Labute approximate surface area is 149 Å². The van der Waals surface area contributed by atoms with Gasteiger partial charge >= 0.3 is 0 Å². The summed E-state index contributed by atoms with van der Waals surface area (Å²) in [6.07, 6.45) is 0.851. The number of hydrogen-bond donors (Lipinski definition) is 0. The van der Waals surface area contributed by atoms with Gasteiger partial charge in [-0.25, -0.2) is 0 Å². The number of amides is 2. The number of rotatable bonds is 6.